The van der Waals surface area contributed by atoms with Crippen molar-refractivity contribution in [3.63, 3.8) is 0 Å². The molecule has 2 aromatic rings. The third-order valence-electron chi connectivity index (χ3n) is 4.53. The molecule has 0 saturated carbocycles. The molecule has 0 aliphatic rings. The van der Waals surface area contributed by atoms with Crippen LogP contribution in [0.4, 0.5) is 5.69 Å². The highest BCUT2D eigenvalue weighted by Gasteiger charge is 2.12. The van der Waals surface area contributed by atoms with Gasteiger partial charge in [-0.2, -0.15) is 5.26 Å². The lowest BCUT2D eigenvalue weighted by atomic mass is 10.1. The maximum atomic E-state index is 12.5. The number of hydrogen-bond donors (Lipinski definition) is 1. The van der Waals surface area contributed by atoms with Gasteiger partial charge in [0.05, 0.1) is 25.8 Å². The molecule has 31 heavy (non-hydrogen) atoms. The first-order valence-electron chi connectivity index (χ1n) is 10.1. The van der Waals surface area contributed by atoms with E-state index in [0.717, 1.165) is 12.8 Å². The Balaban J connectivity index is 2.11. The van der Waals surface area contributed by atoms with Gasteiger partial charge in [-0.15, -0.1) is 0 Å². The van der Waals surface area contributed by atoms with Crippen LogP contribution in [0.2, 0.25) is 5.02 Å². The first-order valence-corrected chi connectivity index (χ1v) is 10.5. The van der Waals surface area contributed by atoms with Crippen molar-refractivity contribution in [2.75, 3.05) is 26.1 Å². The highest BCUT2D eigenvalue weighted by molar-refractivity contribution is 6.32. The summed E-state index contributed by atoms with van der Waals surface area (Å²) in [6.07, 6.45) is 5.96. The Hall–Kier alpha value is -3.17. The van der Waals surface area contributed by atoms with Crippen molar-refractivity contribution in [1.29, 1.82) is 5.26 Å². The minimum atomic E-state index is -0.543. The second-order valence-corrected chi connectivity index (χ2v) is 7.20. The molecule has 0 radical (unpaired) electrons. The predicted octanol–water partition coefficient (Wildman–Crippen LogP) is 5.86. The summed E-state index contributed by atoms with van der Waals surface area (Å²) in [4.78, 5) is 12.5. The zero-order valence-electron chi connectivity index (χ0n) is 18.0. The quantitative estimate of drug-likeness (QED) is 0.267. The monoisotopic (exact) mass is 442 g/mol. The maximum absolute atomic E-state index is 12.5. The van der Waals surface area contributed by atoms with Crippen LogP contribution in [0, 0.1) is 11.3 Å². The molecule has 0 aromatic heterocycles. The number of amides is 1. The number of nitrogens with zero attached hydrogens (tertiary/aromatic N) is 1. The summed E-state index contributed by atoms with van der Waals surface area (Å²) in [5.41, 5.74) is 1.05. The second-order valence-electron chi connectivity index (χ2n) is 6.79. The lowest BCUT2D eigenvalue weighted by Gasteiger charge is -2.11. The van der Waals surface area contributed by atoms with Crippen LogP contribution in [-0.2, 0) is 4.79 Å². The first kappa shape index (κ1) is 24.1. The Bertz CT molecular complexity index is 967. The molecule has 0 aliphatic carbocycles. The Kier molecular flexibility index (Phi) is 9.73. The van der Waals surface area contributed by atoms with E-state index in [1.807, 2.05) is 6.07 Å². The van der Waals surface area contributed by atoms with Crippen molar-refractivity contribution in [3.05, 3.63) is 52.6 Å². The van der Waals surface area contributed by atoms with Crippen molar-refractivity contribution >= 4 is 29.3 Å². The molecule has 0 heterocycles. The summed E-state index contributed by atoms with van der Waals surface area (Å²) < 4.78 is 16.3. The van der Waals surface area contributed by atoms with Gasteiger partial charge in [-0.1, -0.05) is 43.9 Å². The summed E-state index contributed by atoms with van der Waals surface area (Å²) in [6.45, 7) is 2.78. The Labute approximate surface area is 188 Å². The maximum Gasteiger partial charge on any atom is 0.266 e. The lowest BCUT2D eigenvalue weighted by molar-refractivity contribution is -0.112. The van der Waals surface area contributed by atoms with Crippen molar-refractivity contribution in [2.24, 2.45) is 0 Å². The van der Waals surface area contributed by atoms with Crippen molar-refractivity contribution in [3.8, 4) is 23.3 Å². The normalized spacial score (nSPS) is 10.9. The van der Waals surface area contributed by atoms with Crippen molar-refractivity contribution in [1.82, 2.24) is 0 Å². The molecule has 2 aromatic carbocycles. The lowest BCUT2D eigenvalue weighted by Crippen LogP contribution is -2.13. The molecule has 0 aliphatic heterocycles. The minimum absolute atomic E-state index is 0.0535. The predicted molar refractivity (Wildman–Crippen MR) is 123 cm³/mol. The number of hydrogen-bond acceptors (Lipinski definition) is 5. The zero-order valence-corrected chi connectivity index (χ0v) is 18.8. The molecule has 1 N–H and O–H groups in total. The van der Waals surface area contributed by atoms with Gasteiger partial charge < -0.3 is 19.5 Å². The van der Waals surface area contributed by atoms with E-state index in [2.05, 4.69) is 12.2 Å². The van der Waals surface area contributed by atoms with E-state index >= 15 is 0 Å². The van der Waals surface area contributed by atoms with Gasteiger partial charge in [0.25, 0.3) is 5.91 Å². The van der Waals surface area contributed by atoms with E-state index in [4.69, 9.17) is 25.8 Å². The summed E-state index contributed by atoms with van der Waals surface area (Å²) in [5.74, 6) is 1.13. The smallest absolute Gasteiger partial charge is 0.266 e. The number of carbonyl (C=O) groups excluding carboxylic acids is 1. The minimum Gasteiger partial charge on any atom is -0.495 e. The highest BCUT2D eigenvalue weighted by Crippen LogP contribution is 2.30. The van der Waals surface area contributed by atoms with Crippen LogP contribution in [0.15, 0.2) is 42.0 Å². The van der Waals surface area contributed by atoms with E-state index < -0.39 is 5.91 Å². The van der Waals surface area contributed by atoms with E-state index in [-0.39, 0.29) is 5.57 Å². The van der Waals surface area contributed by atoms with E-state index in [1.54, 1.807) is 43.5 Å². The molecule has 6 nitrogen and oxygen atoms in total. The third kappa shape index (κ3) is 7.23. The standard InChI is InChI=1S/C24H27ClN2O4/c1-4-5-6-7-12-31-22-10-8-17(14-23(22)30-3)13-18(16-26)24(28)27-19-9-11-21(29-2)20(25)15-19/h8-11,13-15H,4-7,12H2,1-3H3,(H,27,28)/b18-13+. The van der Waals surface area contributed by atoms with Gasteiger partial charge in [-0.25, -0.2) is 0 Å². The number of ether oxygens (including phenoxy) is 3. The number of methoxy groups -OCH3 is 2. The molecule has 2 rings (SSSR count). The van der Waals surface area contributed by atoms with Crippen LogP contribution in [0.1, 0.15) is 38.2 Å². The van der Waals surface area contributed by atoms with Crippen LogP contribution < -0.4 is 19.5 Å². The number of carbonyl (C=O) groups is 1. The fourth-order valence-corrected chi connectivity index (χ4v) is 3.12. The van der Waals surface area contributed by atoms with Gasteiger partial charge in [-0.3, -0.25) is 4.79 Å². The van der Waals surface area contributed by atoms with Crippen molar-refractivity contribution in [2.45, 2.75) is 32.6 Å². The average Bonchev–Trinajstić information content (AvgIpc) is 2.77. The van der Waals surface area contributed by atoms with Gasteiger partial charge in [0.2, 0.25) is 0 Å². The highest BCUT2D eigenvalue weighted by atomic mass is 35.5. The number of benzene rings is 2. The molecule has 0 spiro atoms. The van der Waals surface area contributed by atoms with E-state index in [9.17, 15) is 10.1 Å². The Morgan fingerprint density at radius 1 is 1.06 bits per heavy atom. The molecule has 0 atom stereocenters. The molecule has 0 saturated heterocycles. The van der Waals surface area contributed by atoms with Crippen LogP contribution in [0.25, 0.3) is 6.08 Å². The van der Waals surface area contributed by atoms with Crippen LogP contribution >= 0.6 is 11.6 Å². The third-order valence-corrected chi connectivity index (χ3v) is 4.82. The molecular weight excluding hydrogens is 416 g/mol. The summed E-state index contributed by atoms with van der Waals surface area (Å²) in [7, 11) is 3.06. The fraction of sp³-hybridized carbons (Fsp3) is 0.333. The second kappa shape index (κ2) is 12.5. The zero-order chi connectivity index (χ0) is 22.6. The van der Waals surface area contributed by atoms with Crippen LogP contribution in [0.5, 0.6) is 17.2 Å². The van der Waals surface area contributed by atoms with Crippen LogP contribution in [0.3, 0.4) is 0 Å². The van der Waals surface area contributed by atoms with Gasteiger partial charge in [0.1, 0.15) is 17.4 Å². The topological polar surface area (TPSA) is 80.6 Å². The van der Waals surface area contributed by atoms with Gasteiger partial charge in [0, 0.05) is 5.69 Å². The molecule has 0 bridgehead atoms. The van der Waals surface area contributed by atoms with E-state index in [0.29, 0.717) is 40.1 Å². The largest absolute Gasteiger partial charge is 0.495 e. The average molecular weight is 443 g/mol. The SMILES string of the molecule is CCCCCCOc1ccc(/C=C(\C#N)C(=O)Nc2ccc(OC)c(Cl)c2)cc1OC. The van der Waals surface area contributed by atoms with Crippen molar-refractivity contribution < 1.29 is 19.0 Å². The molecular formula is C24H27ClN2O4. The molecule has 0 fully saturated rings. The number of rotatable bonds is 11. The first-order chi connectivity index (χ1) is 15.0. The van der Waals surface area contributed by atoms with Gasteiger partial charge in [-0.05, 0) is 48.4 Å². The summed E-state index contributed by atoms with van der Waals surface area (Å²) >= 11 is 6.08. The fourth-order valence-electron chi connectivity index (χ4n) is 2.86. The number of unbranched alkanes of at least 4 members (excludes halogenated alkanes) is 3. The molecule has 0 unspecified atom stereocenters. The molecule has 7 heteroatoms. The number of anilines is 1. The summed E-state index contributed by atoms with van der Waals surface area (Å²) in [5, 5.41) is 12.5. The number of nitrogens with one attached hydrogen (secondary N) is 1. The number of nitriles is 1. The molecule has 164 valence electrons. The van der Waals surface area contributed by atoms with Gasteiger partial charge in [0.15, 0.2) is 11.5 Å². The van der Waals surface area contributed by atoms with Gasteiger partial charge >= 0.3 is 0 Å². The Morgan fingerprint density at radius 3 is 2.45 bits per heavy atom. The van der Waals surface area contributed by atoms with E-state index in [1.165, 1.54) is 26.0 Å². The molecule has 1 amide bonds. The van der Waals surface area contributed by atoms with Crippen LogP contribution in [-0.4, -0.2) is 26.7 Å². The Morgan fingerprint density at radius 2 is 1.81 bits per heavy atom. The summed E-state index contributed by atoms with van der Waals surface area (Å²) in [6, 6.07) is 12.1. The number of halogens is 1.